The largest absolute Gasteiger partial charge is 0.298 e. The molecule has 0 saturated carbocycles. The monoisotopic (exact) mass is 245 g/mol. The number of aryl methyl sites for hydroxylation is 1. The summed E-state index contributed by atoms with van der Waals surface area (Å²) in [5, 5.41) is 0. The molecule has 1 saturated heterocycles. The minimum atomic E-state index is 0.262. The first-order valence-corrected chi connectivity index (χ1v) is 6.84. The highest BCUT2D eigenvalue weighted by atomic mass is 16.1. The van der Waals surface area contributed by atoms with Gasteiger partial charge in [0.1, 0.15) is 0 Å². The van der Waals surface area contributed by atoms with Gasteiger partial charge in [-0.3, -0.25) is 9.69 Å². The molecule has 2 heteroatoms. The summed E-state index contributed by atoms with van der Waals surface area (Å²) in [5.41, 5.74) is 2.32. The lowest BCUT2D eigenvalue weighted by Gasteiger charge is -2.31. The molecule has 0 aromatic heterocycles. The molecule has 1 aliphatic heterocycles. The Kier molecular flexibility index (Phi) is 3.86. The van der Waals surface area contributed by atoms with E-state index in [-0.39, 0.29) is 11.3 Å². The Morgan fingerprint density at radius 2 is 1.94 bits per heavy atom. The van der Waals surface area contributed by atoms with E-state index < -0.39 is 0 Å². The fourth-order valence-electron chi connectivity index (χ4n) is 2.70. The Balaban J connectivity index is 1.90. The smallest absolute Gasteiger partial charge is 0.164 e. The van der Waals surface area contributed by atoms with Crippen molar-refractivity contribution in [3.63, 3.8) is 0 Å². The van der Waals surface area contributed by atoms with E-state index in [4.69, 9.17) is 0 Å². The van der Waals surface area contributed by atoms with Crippen LogP contribution in [0, 0.1) is 6.92 Å². The lowest BCUT2D eigenvalue weighted by Crippen LogP contribution is -2.39. The minimum absolute atomic E-state index is 0.262. The summed E-state index contributed by atoms with van der Waals surface area (Å²) in [6.07, 6.45) is 3.13. The first-order valence-electron chi connectivity index (χ1n) is 6.84. The van der Waals surface area contributed by atoms with Gasteiger partial charge in [0.15, 0.2) is 5.78 Å². The van der Waals surface area contributed by atoms with Gasteiger partial charge in [-0.15, -0.1) is 0 Å². The highest BCUT2D eigenvalue weighted by molar-refractivity contribution is 5.96. The Labute approximate surface area is 110 Å². The molecular formula is C16H23NO. The summed E-state index contributed by atoms with van der Waals surface area (Å²) in [7, 11) is 0. The van der Waals surface area contributed by atoms with E-state index in [0.29, 0.717) is 6.42 Å². The van der Waals surface area contributed by atoms with Gasteiger partial charge in [-0.25, -0.2) is 0 Å². The SMILES string of the molecule is Cc1ccc(C(=O)CCN2CCCC2(C)C)cc1. The molecule has 18 heavy (non-hydrogen) atoms. The van der Waals surface area contributed by atoms with Gasteiger partial charge in [0.25, 0.3) is 0 Å². The van der Waals surface area contributed by atoms with Crippen molar-refractivity contribution >= 4 is 5.78 Å². The molecule has 0 amide bonds. The topological polar surface area (TPSA) is 20.3 Å². The van der Waals surface area contributed by atoms with Crippen LogP contribution in [-0.2, 0) is 0 Å². The Morgan fingerprint density at radius 3 is 2.50 bits per heavy atom. The van der Waals surface area contributed by atoms with Gasteiger partial charge in [-0.05, 0) is 40.2 Å². The van der Waals surface area contributed by atoms with Crippen molar-refractivity contribution in [2.24, 2.45) is 0 Å². The molecule has 0 aliphatic carbocycles. The maximum Gasteiger partial charge on any atom is 0.164 e. The van der Waals surface area contributed by atoms with Crippen molar-refractivity contribution < 1.29 is 4.79 Å². The molecule has 0 unspecified atom stereocenters. The van der Waals surface area contributed by atoms with Crippen molar-refractivity contribution in [3.8, 4) is 0 Å². The molecular weight excluding hydrogens is 222 g/mol. The van der Waals surface area contributed by atoms with E-state index in [2.05, 4.69) is 18.7 Å². The number of likely N-dealkylation sites (tertiary alicyclic amines) is 1. The molecule has 1 aliphatic rings. The highest BCUT2D eigenvalue weighted by Gasteiger charge is 2.31. The van der Waals surface area contributed by atoms with Crippen molar-refractivity contribution in [2.75, 3.05) is 13.1 Å². The van der Waals surface area contributed by atoms with Gasteiger partial charge in [0.2, 0.25) is 0 Å². The second kappa shape index (κ2) is 5.23. The molecule has 0 N–H and O–H groups in total. The first-order chi connectivity index (χ1) is 8.49. The molecule has 1 aromatic rings. The van der Waals surface area contributed by atoms with Crippen molar-refractivity contribution in [1.29, 1.82) is 0 Å². The third kappa shape index (κ3) is 2.99. The van der Waals surface area contributed by atoms with Crippen molar-refractivity contribution in [1.82, 2.24) is 4.90 Å². The normalized spacial score (nSPS) is 19.1. The molecule has 2 nitrogen and oxygen atoms in total. The first kappa shape index (κ1) is 13.3. The van der Waals surface area contributed by atoms with Crippen LogP contribution in [0.15, 0.2) is 24.3 Å². The zero-order valence-electron chi connectivity index (χ0n) is 11.7. The fraction of sp³-hybridized carbons (Fsp3) is 0.562. The van der Waals surface area contributed by atoms with E-state index in [1.165, 1.54) is 18.4 Å². The molecule has 0 spiro atoms. The van der Waals surface area contributed by atoms with Crippen LogP contribution >= 0.6 is 0 Å². The molecule has 1 aromatic carbocycles. The van der Waals surface area contributed by atoms with E-state index in [9.17, 15) is 4.79 Å². The van der Waals surface area contributed by atoms with Crippen molar-refractivity contribution in [3.05, 3.63) is 35.4 Å². The van der Waals surface area contributed by atoms with Gasteiger partial charge in [-0.1, -0.05) is 29.8 Å². The molecule has 0 bridgehead atoms. The van der Waals surface area contributed by atoms with Crippen LogP contribution in [0.5, 0.6) is 0 Å². The van der Waals surface area contributed by atoms with Crippen LogP contribution < -0.4 is 0 Å². The number of carbonyl (C=O) groups is 1. The Bertz CT molecular complexity index is 419. The molecule has 0 atom stereocenters. The lowest BCUT2D eigenvalue weighted by atomic mass is 10.0. The second-order valence-corrected chi connectivity index (χ2v) is 5.94. The number of ketones is 1. The zero-order chi connectivity index (χ0) is 13.2. The predicted molar refractivity (Wildman–Crippen MR) is 75.0 cm³/mol. The average Bonchev–Trinajstić information content (AvgIpc) is 2.66. The maximum absolute atomic E-state index is 12.1. The summed E-state index contributed by atoms with van der Waals surface area (Å²) in [4.78, 5) is 14.5. The predicted octanol–water partition coefficient (Wildman–Crippen LogP) is 3.44. The third-order valence-electron chi connectivity index (χ3n) is 4.05. The van der Waals surface area contributed by atoms with E-state index >= 15 is 0 Å². The van der Waals surface area contributed by atoms with Crippen LogP contribution in [-0.4, -0.2) is 29.3 Å². The van der Waals surface area contributed by atoms with Crippen LogP contribution in [0.2, 0.25) is 0 Å². The number of carbonyl (C=O) groups excluding carboxylic acids is 1. The van der Waals surface area contributed by atoms with Crippen LogP contribution in [0.3, 0.4) is 0 Å². The van der Waals surface area contributed by atoms with Gasteiger partial charge in [0.05, 0.1) is 0 Å². The number of rotatable bonds is 4. The molecule has 1 heterocycles. The number of hydrogen-bond donors (Lipinski definition) is 0. The summed E-state index contributed by atoms with van der Waals surface area (Å²) in [6.45, 7) is 8.61. The molecule has 0 radical (unpaired) electrons. The number of benzene rings is 1. The van der Waals surface area contributed by atoms with Crippen molar-refractivity contribution in [2.45, 2.75) is 45.6 Å². The lowest BCUT2D eigenvalue weighted by molar-refractivity contribution is 0.0942. The quantitative estimate of drug-likeness (QED) is 0.757. The van der Waals surface area contributed by atoms with E-state index in [0.717, 1.165) is 18.7 Å². The highest BCUT2D eigenvalue weighted by Crippen LogP contribution is 2.28. The van der Waals surface area contributed by atoms with Gasteiger partial charge in [-0.2, -0.15) is 0 Å². The molecule has 98 valence electrons. The zero-order valence-corrected chi connectivity index (χ0v) is 11.7. The maximum atomic E-state index is 12.1. The average molecular weight is 245 g/mol. The van der Waals surface area contributed by atoms with Crippen LogP contribution in [0.4, 0.5) is 0 Å². The van der Waals surface area contributed by atoms with Gasteiger partial charge in [0, 0.05) is 24.1 Å². The van der Waals surface area contributed by atoms with Gasteiger partial charge < -0.3 is 0 Å². The number of hydrogen-bond acceptors (Lipinski definition) is 2. The van der Waals surface area contributed by atoms with Crippen LogP contribution in [0.1, 0.15) is 49.0 Å². The molecule has 2 rings (SSSR count). The van der Waals surface area contributed by atoms with E-state index in [1.807, 2.05) is 31.2 Å². The van der Waals surface area contributed by atoms with Gasteiger partial charge >= 0.3 is 0 Å². The Hall–Kier alpha value is -1.15. The number of Topliss-reactive ketones (excluding diaryl/α,β-unsaturated/α-hetero) is 1. The third-order valence-corrected chi connectivity index (χ3v) is 4.05. The second-order valence-electron chi connectivity index (χ2n) is 5.94. The standard InChI is InChI=1S/C16H23NO/c1-13-5-7-14(8-6-13)15(18)9-12-17-11-4-10-16(17,2)3/h5-8H,4,9-12H2,1-3H3. The van der Waals surface area contributed by atoms with E-state index in [1.54, 1.807) is 0 Å². The molecule has 1 fully saturated rings. The minimum Gasteiger partial charge on any atom is -0.298 e. The Morgan fingerprint density at radius 1 is 1.28 bits per heavy atom. The summed E-state index contributed by atoms with van der Waals surface area (Å²) in [6, 6.07) is 7.89. The number of nitrogens with zero attached hydrogens (tertiary/aromatic N) is 1. The summed E-state index contributed by atoms with van der Waals surface area (Å²) in [5.74, 6) is 0.262. The summed E-state index contributed by atoms with van der Waals surface area (Å²) >= 11 is 0. The van der Waals surface area contributed by atoms with Crippen LogP contribution in [0.25, 0.3) is 0 Å². The summed E-state index contributed by atoms with van der Waals surface area (Å²) < 4.78 is 0. The fourth-order valence-corrected chi connectivity index (χ4v) is 2.70.